The van der Waals surface area contributed by atoms with Crippen molar-refractivity contribution in [3.8, 4) is 5.69 Å². The van der Waals surface area contributed by atoms with Crippen molar-refractivity contribution in [2.45, 2.75) is 12.1 Å². The smallest absolute Gasteiger partial charge is 0.294 e. The highest BCUT2D eigenvalue weighted by atomic mass is 16.2. The van der Waals surface area contributed by atoms with Crippen LogP contribution in [0.15, 0.2) is 52.1 Å². The molecule has 0 saturated heterocycles. The molecule has 27 heavy (non-hydrogen) atoms. The molecule has 7 aliphatic rings. The fourth-order valence-corrected chi connectivity index (χ4v) is 8.21. The zero-order valence-corrected chi connectivity index (χ0v) is 14.0. The predicted octanol–water partition coefficient (Wildman–Crippen LogP) is 0.0965. The summed E-state index contributed by atoms with van der Waals surface area (Å²) >= 11 is 0. The van der Waals surface area contributed by atoms with Crippen molar-refractivity contribution in [1.82, 2.24) is 13.9 Å². The van der Waals surface area contributed by atoms with Gasteiger partial charge in [0.1, 0.15) is 0 Å². The molecule has 3 heterocycles. The second kappa shape index (κ2) is 3.32. The molecule has 4 fully saturated rings. The lowest BCUT2D eigenvalue weighted by molar-refractivity contribution is -0.140. The van der Waals surface area contributed by atoms with Crippen molar-refractivity contribution in [3.63, 3.8) is 0 Å². The van der Waals surface area contributed by atoms with Crippen LogP contribution in [0.4, 0.5) is 0 Å². The Balaban J connectivity index is 1.50. The predicted molar refractivity (Wildman–Crippen MR) is 90.3 cm³/mol. The molecule has 1 aromatic heterocycles. The molecule has 1 aromatic carbocycles. The van der Waals surface area contributed by atoms with E-state index in [-0.39, 0.29) is 41.4 Å². The summed E-state index contributed by atoms with van der Waals surface area (Å²) in [5.41, 5.74) is -1.81. The first-order valence-electron chi connectivity index (χ1n) is 9.38. The largest absolute Gasteiger partial charge is 0.352 e. The zero-order valence-electron chi connectivity index (χ0n) is 14.0. The van der Waals surface area contributed by atoms with Gasteiger partial charge in [0.15, 0.2) is 11.6 Å². The molecule has 8 atom stereocenters. The minimum atomic E-state index is -0.771. The summed E-state index contributed by atoms with van der Waals surface area (Å²) in [6, 6.07) is 8.14. The lowest BCUT2D eigenvalue weighted by Gasteiger charge is -2.47. The second-order valence-corrected chi connectivity index (χ2v) is 8.82. The Morgan fingerprint density at radius 3 is 1.74 bits per heavy atom. The maximum absolute atomic E-state index is 13.3. The van der Waals surface area contributed by atoms with E-state index < -0.39 is 22.2 Å². The van der Waals surface area contributed by atoms with Crippen molar-refractivity contribution in [1.29, 1.82) is 0 Å². The highest BCUT2D eigenvalue weighted by Gasteiger charge is 3.07. The van der Waals surface area contributed by atoms with E-state index in [1.165, 1.54) is 26.1 Å². The van der Waals surface area contributed by atoms with Crippen LogP contribution < -0.4 is 11.4 Å². The number of hydrogen-bond donors (Lipinski definition) is 0. The van der Waals surface area contributed by atoms with Gasteiger partial charge in [0.05, 0.1) is 28.6 Å². The number of ketones is 2. The number of benzene rings is 1. The molecule has 7 heteroatoms. The Bertz CT molecular complexity index is 1240. The van der Waals surface area contributed by atoms with E-state index in [0.29, 0.717) is 11.6 Å². The summed E-state index contributed by atoms with van der Waals surface area (Å²) in [5, 5.41) is 0. The van der Waals surface area contributed by atoms with Crippen LogP contribution in [0.3, 0.4) is 0 Å². The number of carbonyl (C=O) groups excluding carboxylic acids is 2. The Hall–Kier alpha value is -2.96. The second-order valence-electron chi connectivity index (χ2n) is 8.82. The fourth-order valence-electron chi connectivity index (χ4n) is 8.21. The summed E-state index contributed by atoms with van der Waals surface area (Å²) in [7, 11) is 0. The number of nitrogens with zero attached hydrogens (tertiary/aromatic N) is 3. The van der Waals surface area contributed by atoms with Crippen LogP contribution in [0, 0.1) is 34.5 Å². The van der Waals surface area contributed by atoms with E-state index in [0.717, 1.165) is 0 Å². The van der Waals surface area contributed by atoms with Crippen LogP contribution in [0.5, 0.6) is 0 Å². The number of rotatable bonds is 1. The van der Waals surface area contributed by atoms with E-state index in [4.69, 9.17) is 0 Å². The van der Waals surface area contributed by atoms with E-state index in [2.05, 4.69) is 0 Å². The molecule has 0 radical (unpaired) electrons. The molecule has 0 N–H and O–H groups in total. The van der Waals surface area contributed by atoms with Gasteiger partial charge in [0.2, 0.25) is 0 Å². The topological polar surface area (TPSA) is 83.1 Å². The fraction of sp³-hybridized carbons (Fsp3) is 0.400. The van der Waals surface area contributed by atoms with Gasteiger partial charge in [-0.1, -0.05) is 18.2 Å². The molecule has 2 aliphatic heterocycles. The standard InChI is InChI=1S/C20H13N3O4/c24-9-6-7-10(25)20-14-11-12-13(11)16(20)23-18(27)21(8-4-2-1-3-5-8)17(26)22(23)15(12)19(9,14)20/h1-7,11-16H/t11?,12-,13-,14?,15+,16+,19-,20+/m0/s1. The minimum absolute atomic E-state index is 0.0152. The van der Waals surface area contributed by atoms with Crippen LogP contribution in [-0.4, -0.2) is 25.5 Å². The summed E-state index contributed by atoms with van der Waals surface area (Å²) in [5.74, 6) is 0.796. The molecule has 0 amide bonds. The van der Waals surface area contributed by atoms with Crippen LogP contribution in [0.2, 0.25) is 0 Å². The molecule has 2 bridgehead atoms. The first-order valence-corrected chi connectivity index (χ1v) is 9.38. The SMILES string of the molecule is O=C1C=CC(=O)[C@@]23C4C5[C@H]6[C@H]5[C@H]2n2c(=O)n(-c5ccccc5)c(=O)n2[C@H]6[C@]143. The first kappa shape index (κ1) is 13.2. The summed E-state index contributed by atoms with van der Waals surface area (Å²) in [4.78, 5) is 52.6. The molecular weight excluding hydrogens is 346 g/mol. The van der Waals surface area contributed by atoms with E-state index in [1.807, 2.05) is 6.07 Å². The zero-order chi connectivity index (χ0) is 18.0. The van der Waals surface area contributed by atoms with Gasteiger partial charge in [-0.3, -0.25) is 9.59 Å². The third kappa shape index (κ3) is 0.890. The van der Waals surface area contributed by atoms with E-state index in [1.54, 1.807) is 24.3 Å². The van der Waals surface area contributed by atoms with Crippen molar-refractivity contribution < 1.29 is 9.59 Å². The third-order valence-corrected chi connectivity index (χ3v) is 8.57. The molecule has 132 valence electrons. The third-order valence-electron chi connectivity index (χ3n) is 8.57. The van der Waals surface area contributed by atoms with Crippen molar-refractivity contribution >= 4 is 11.6 Å². The van der Waals surface area contributed by atoms with Gasteiger partial charge in [-0.25, -0.2) is 23.5 Å². The van der Waals surface area contributed by atoms with Crippen LogP contribution in [-0.2, 0) is 9.59 Å². The Morgan fingerprint density at radius 2 is 1.22 bits per heavy atom. The summed E-state index contributed by atoms with van der Waals surface area (Å²) in [6.07, 6.45) is 2.81. The number of para-hydroxylation sites is 1. The number of aromatic nitrogens is 3. The highest BCUT2D eigenvalue weighted by molar-refractivity contribution is 6.18. The quantitative estimate of drug-likeness (QED) is 0.723. The van der Waals surface area contributed by atoms with E-state index >= 15 is 0 Å². The molecule has 5 aliphatic carbocycles. The summed E-state index contributed by atoms with van der Waals surface area (Å²) in [6.45, 7) is 0. The maximum atomic E-state index is 13.3. The average molecular weight is 359 g/mol. The van der Waals surface area contributed by atoms with Gasteiger partial charge in [-0.15, -0.1) is 0 Å². The van der Waals surface area contributed by atoms with Crippen LogP contribution in [0.25, 0.3) is 5.69 Å². The molecule has 4 saturated carbocycles. The van der Waals surface area contributed by atoms with Gasteiger partial charge in [0.25, 0.3) is 0 Å². The highest BCUT2D eigenvalue weighted by Crippen LogP contribution is 3.03. The lowest BCUT2D eigenvalue weighted by atomic mass is 9.65. The maximum Gasteiger partial charge on any atom is 0.352 e. The molecule has 2 aromatic rings. The number of allylic oxidation sites excluding steroid dienone is 2. The number of carbonyl (C=O) groups is 2. The van der Waals surface area contributed by atoms with Gasteiger partial charge in [-0.05, 0) is 48.0 Å². The van der Waals surface area contributed by atoms with Gasteiger partial charge in [0, 0.05) is 0 Å². The number of hydrogen-bond acceptors (Lipinski definition) is 4. The van der Waals surface area contributed by atoms with Crippen molar-refractivity contribution in [3.05, 3.63) is 63.5 Å². The lowest BCUT2D eigenvalue weighted by Crippen LogP contribution is -2.57. The monoisotopic (exact) mass is 359 g/mol. The van der Waals surface area contributed by atoms with Crippen LogP contribution >= 0.6 is 0 Å². The normalized spacial score (nSPS) is 47.9. The Kier molecular flexibility index (Phi) is 1.63. The average Bonchev–Trinajstić information content (AvgIpc) is 3.45. The van der Waals surface area contributed by atoms with Gasteiger partial charge in [-0.2, -0.15) is 0 Å². The summed E-state index contributed by atoms with van der Waals surface area (Å²) < 4.78 is 4.26. The first-order chi connectivity index (χ1) is 13.1. The van der Waals surface area contributed by atoms with Crippen molar-refractivity contribution in [2.24, 2.45) is 34.5 Å². The van der Waals surface area contributed by atoms with E-state index in [9.17, 15) is 19.2 Å². The molecule has 2 spiro atoms. The minimum Gasteiger partial charge on any atom is -0.294 e. The Labute approximate surface area is 151 Å². The van der Waals surface area contributed by atoms with Crippen LogP contribution in [0.1, 0.15) is 12.1 Å². The van der Waals surface area contributed by atoms with Gasteiger partial charge < -0.3 is 0 Å². The molecule has 2 unspecified atom stereocenters. The van der Waals surface area contributed by atoms with Crippen molar-refractivity contribution in [2.75, 3.05) is 0 Å². The van der Waals surface area contributed by atoms with Gasteiger partial charge >= 0.3 is 11.4 Å². The molecule has 9 rings (SSSR count). The Morgan fingerprint density at radius 1 is 0.704 bits per heavy atom. The molecular formula is C20H13N3O4. The molecule has 7 nitrogen and oxygen atoms in total.